The number of aryl methyl sites for hydroxylation is 2. The molecule has 0 fully saturated rings. The van der Waals surface area contributed by atoms with Gasteiger partial charge in [-0.2, -0.15) is 0 Å². The molecule has 4 heteroatoms. The summed E-state index contributed by atoms with van der Waals surface area (Å²) < 4.78 is 0. The summed E-state index contributed by atoms with van der Waals surface area (Å²) in [6, 6.07) is 21.0. The maximum Gasteiger partial charge on any atom is 0.116 e. The molecule has 2 nitrogen and oxygen atoms in total. The number of aromatic nitrogens is 2. The van der Waals surface area contributed by atoms with Crippen molar-refractivity contribution in [1.82, 2.24) is 9.97 Å². The Balaban J connectivity index is 1.70. The van der Waals surface area contributed by atoms with E-state index < -0.39 is 0 Å². The summed E-state index contributed by atoms with van der Waals surface area (Å²) >= 11 is 8.08. The van der Waals surface area contributed by atoms with Crippen LogP contribution in [0.25, 0.3) is 22.2 Å². The average Bonchev–Trinajstić information content (AvgIpc) is 2.69. The van der Waals surface area contributed by atoms with E-state index >= 15 is 0 Å². The van der Waals surface area contributed by atoms with Gasteiger partial charge in [0.1, 0.15) is 6.33 Å². The molecule has 4 aromatic rings. The molecule has 134 valence electrons. The number of hydrogen-bond donors (Lipinski definition) is 0. The van der Waals surface area contributed by atoms with E-state index in [0.717, 1.165) is 44.1 Å². The van der Waals surface area contributed by atoms with Gasteiger partial charge in [-0.15, -0.1) is 11.8 Å². The van der Waals surface area contributed by atoms with E-state index in [4.69, 9.17) is 11.6 Å². The lowest BCUT2D eigenvalue weighted by Crippen LogP contribution is -1.93. The van der Waals surface area contributed by atoms with Gasteiger partial charge < -0.3 is 0 Å². The second-order valence-electron chi connectivity index (χ2n) is 6.59. The Morgan fingerprint density at radius 3 is 2.52 bits per heavy atom. The Hall–Kier alpha value is -2.36. The fraction of sp³-hybridized carbons (Fsp3) is 0.130. The first-order valence-corrected chi connectivity index (χ1v) is 10.2. The summed E-state index contributed by atoms with van der Waals surface area (Å²) in [5, 5.41) is 1.85. The Kier molecular flexibility index (Phi) is 5.15. The molecule has 0 aliphatic heterocycles. The highest BCUT2D eigenvalue weighted by molar-refractivity contribution is 7.98. The molecule has 0 saturated heterocycles. The summed E-state index contributed by atoms with van der Waals surface area (Å²) in [6.45, 7) is 4.09. The number of hydrogen-bond acceptors (Lipinski definition) is 3. The minimum atomic E-state index is 0.786. The topological polar surface area (TPSA) is 25.8 Å². The molecule has 0 amide bonds. The van der Waals surface area contributed by atoms with Gasteiger partial charge in [-0.25, -0.2) is 9.97 Å². The van der Waals surface area contributed by atoms with Crippen LogP contribution in [0.5, 0.6) is 0 Å². The van der Waals surface area contributed by atoms with E-state index in [9.17, 15) is 0 Å². The van der Waals surface area contributed by atoms with Crippen molar-refractivity contribution < 1.29 is 0 Å². The second kappa shape index (κ2) is 7.71. The van der Waals surface area contributed by atoms with Gasteiger partial charge in [0.05, 0.1) is 11.2 Å². The monoisotopic (exact) mass is 390 g/mol. The second-order valence-corrected chi connectivity index (χ2v) is 8.05. The molecule has 0 spiro atoms. The highest BCUT2D eigenvalue weighted by Gasteiger charge is 2.11. The summed E-state index contributed by atoms with van der Waals surface area (Å²) in [7, 11) is 0. The Bertz CT molecular complexity index is 1110. The molecule has 0 radical (unpaired) electrons. The standard InChI is InChI=1S/C23H19ClN2S/c1-15-11-21(24)16(2)10-20(15)23-19-9-8-18(12-22(19)25-14-26-23)27-13-17-6-4-3-5-7-17/h3-12,14H,13H2,1-2H3. The van der Waals surface area contributed by atoms with Crippen LogP contribution in [-0.2, 0) is 5.75 Å². The van der Waals surface area contributed by atoms with Gasteiger partial charge >= 0.3 is 0 Å². The van der Waals surface area contributed by atoms with E-state index in [1.54, 1.807) is 6.33 Å². The van der Waals surface area contributed by atoms with Crippen molar-refractivity contribution in [2.75, 3.05) is 0 Å². The predicted octanol–water partition coefficient (Wildman–Crippen LogP) is 6.86. The van der Waals surface area contributed by atoms with Crippen LogP contribution >= 0.6 is 23.4 Å². The Morgan fingerprint density at radius 2 is 1.70 bits per heavy atom. The molecule has 3 aromatic carbocycles. The van der Waals surface area contributed by atoms with Crippen LogP contribution in [0.1, 0.15) is 16.7 Å². The van der Waals surface area contributed by atoms with E-state index in [2.05, 4.69) is 65.4 Å². The normalized spacial score (nSPS) is 11.1. The Morgan fingerprint density at radius 1 is 0.889 bits per heavy atom. The molecule has 0 aliphatic rings. The molecule has 0 atom stereocenters. The van der Waals surface area contributed by atoms with Crippen LogP contribution in [0.2, 0.25) is 5.02 Å². The lowest BCUT2D eigenvalue weighted by molar-refractivity contribution is 1.21. The third-order valence-electron chi connectivity index (χ3n) is 4.62. The summed E-state index contributed by atoms with van der Waals surface area (Å²) in [5.41, 5.74) is 6.52. The van der Waals surface area contributed by atoms with Crippen LogP contribution < -0.4 is 0 Å². The molecule has 1 aromatic heterocycles. The Labute approximate surface area is 168 Å². The lowest BCUT2D eigenvalue weighted by Gasteiger charge is -2.11. The molecular weight excluding hydrogens is 372 g/mol. The van der Waals surface area contributed by atoms with Crippen molar-refractivity contribution >= 4 is 34.3 Å². The fourth-order valence-corrected chi connectivity index (χ4v) is 4.22. The number of nitrogens with zero attached hydrogens (tertiary/aromatic N) is 2. The minimum Gasteiger partial charge on any atom is -0.236 e. The van der Waals surface area contributed by atoms with Crippen LogP contribution in [0.15, 0.2) is 71.9 Å². The zero-order valence-corrected chi connectivity index (χ0v) is 16.8. The summed E-state index contributed by atoms with van der Waals surface area (Å²) in [4.78, 5) is 10.3. The van der Waals surface area contributed by atoms with E-state index in [1.807, 2.05) is 30.8 Å². The third kappa shape index (κ3) is 3.85. The minimum absolute atomic E-state index is 0.786. The summed E-state index contributed by atoms with van der Waals surface area (Å²) in [6.07, 6.45) is 1.65. The van der Waals surface area contributed by atoms with Gasteiger partial charge in [-0.3, -0.25) is 0 Å². The quantitative estimate of drug-likeness (QED) is 0.356. The van der Waals surface area contributed by atoms with E-state index in [1.165, 1.54) is 10.5 Å². The van der Waals surface area contributed by atoms with Crippen molar-refractivity contribution in [3.63, 3.8) is 0 Å². The molecule has 27 heavy (non-hydrogen) atoms. The van der Waals surface area contributed by atoms with Crippen LogP contribution in [0.3, 0.4) is 0 Å². The smallest absolute Gasteiger partial charge is 0.116 e. The van der Waals surface area contributed by atoms with Crippen molar-refractivity contribution in [1.29, 1.82) is 0 Å². The van der Waals surface area contributed by atoms with Gasteiger partial charge in [0, 0.05) is 26.6 Å². The average molecular weight is 391 g/mol. The van der Waals surface area contributed by atoms with E-state index in [0.29, 0.717) is 0 Å². The van der Waals surface area contributed by atoms with Gasteiger partial charge in [-0.1, -0.05) is 41.9 Å². The predicted molar refractivity (Wildman–Crippen MR) is 115 cm³/mol. The zero-order chi connectivity index (χ0) is 18.8. The van der Waals surface area contributed by atoms with Crippen molar-refractivity contribution in [2.24, 2.45) is 0 Å². The zero-order valence-electron chi connectivity index (χ0n) is 15.2. The van der Waals surface area contributed by atoms with Crippen LogP contribution in [-0.4, -0.2) is 9.97 Å². The van der Waals surface area contributed by atoms with E-state index in [-0.39, 0.29) is 0 Å². The molecule has 4 rings (SSSR count). The molecule has 0 aliphatic carbocycles. The maximum atomic E-state index is 6.26. The first-order chi connectivity index (χ1) is 13.1. The molecular formula is C23H19ClN2S. The molecule has 1 heterocycles. The van der Waals surface area contributed by atoms with Crippen molar-refractivity contribution in [2.45, 2.75) is 24.5 Å². The third-order valence-corrected chi connectivity index (χ3v) is 6.09. The van der Waals surface area contributed by atoms with Crippen molar-refractivity contribution in [3.05, 3.63) is 88.7 Å². The fourth-order valence-electron chi connectivity index (χ4n) is 3.12. The van der Waals surface area contributed by atoms with Gasteiger partial charge in [0.15, 0.2) is 0 Å². The molecule has 0 unspecified atom stereocenters. The SMILES string of the molecule is Cc1cc(-c2ncnc3cc(SCc4ccccc4)ccc23)c(C)cc1Cl. The lowest BCUT2D eigenvalue weighted by atomic mass is 9.99. The highest BCUT2D eigenvalue weighted by Crippen LogP contribution is 2.33. The number of halogens is 1. The maximum absolute atomic E-state index is 6.26. The molecule has 0 saturated carbocycles. The summed E-state index contributed by atoms with van der Waals surface area (Å²) in [5.74, 6) is 0.944. The van der Waals surface area contributed by atoms with Crippen LogP contribution in [0.4, 0.5) is 0 Å². The van der Waals surface area contributed by atoms with Gasteiger partial charge in [-0.05, 0) is 60.9 Å². The molecule has 0 bridgehead atoms. The van der Waals surface area contributed by atoms with Gasteiger partial charge in [0.2, 0.25) is 0 Å². The first-order valence-electron chi connectivity index (χ1n) is 8.80. The largest absolute Gasteiger partial charge is 0.236 e. The number of thioether (sulfide) groups is 1. The first kappa shape index (κ1) is 18.0. The highest BCUT2D eigenvalue weighted by atomic mass is 35.5. The van der Waals surface area contributed by atoms with Crippen LogP contribution in [0, 0.1) is 13.8 Å². The number of benzene rings is 3. The number of rotatable bonds is 4. The van der Waals surface area contributed by atoms with Crippen molar-refractivity contribution in [3.8, 4) is 11.3 Å². The van der Waals surface area contributed by atoms with Gasteiger partial charge in [0.25, 0.3) is 0 Å². The molecule has 0 N–H and O–H groups in total. The number of fused-ring (bicyclic) bond motifs is 1.